The summed E-state index contributed by atoms with van der Waals surface area (Å²) in [6.45, 7) is 3.82. The van der Waals surface area contributed by atoms with E-state index in [1.54, 1.807) is 47.8 Å². The van der Waals surface area contributed by atoms with Crippen molar-refractivity contribution in [2.24, 2.45) is 0 Å². The minimum Gasteiger partial charge on any atom is -0.491 e. The molecule has 3 aromatic rings. The van der Waals surface area contributed by atoms with Crippen molar-refractivity contribution in [2.45, 2.75) is 30.6 Å². The molecule has 0 spiro atoms. The molecule has 3 rings (SSSR count). The quantitative estimate of drug-likeness (QED) is 0.434. The maximum Gasteiger partial charge on any atom is 0.271 e. The number of thiophene rings is 1. The Bertz CT molecular complexity index is 1190. The molecule has 168 valence electrons. The summed E-state index contributed by atoms with van der Waals surface area (Å²) in [5.74, 6) is -0.433. The first-order valence-electron chi connectivity index (χ1n) is 9.75. The van der Waals surface area contributed by atoms with Gasteiger partial charge in [-0.15, -0.1) is 11.3 Å². The van der Waals surface area contributed by atoms with Gasteiger partial charge >= 0.3 is 0 Å². The molecule has 1 heterocycles. The van der Waals surface area contributed by atoms with E-state index in [-0.39, 0.29) is 28.0 Å². The maximum atomic E-state index is 12.6. The van der Waals surface area contributed by atoms with Crippen LogP contribution in [0.1, 0.15) is 29.8 Å². The summed E-state index contributed by atoms with van der Waals surface area (Å²) in [6.07, 6.45) is 0.0399. The van der Waals surface area contributed by atoms with E-state index in [0.717, 1.165) is 16.9 Å². The highest BCUT2D eigenvalue weighted by Crippen LogP contribution is 2.22. The van der Waals surface area contributed by atoms with Crippen LogP contribution in [0.25, 0.3) is 0 Å². The van der Waals surface area contributed by atoms with E-state index < -0.39 is 21.8 Å². The van der Waals surface area contributed by atoms with Gasteiger partial charge in [0, 0.05) is 0 Å². The summed E-state index contributed by atoms with van der Waals surface area (Å²) in [4.78, 5) is 24.9. The van der Waals surface area contributed by atoms with Crippen molar-refractivity contribution < 1.29 is 22.7 Å². The van der Waals surface area contributed by atoms with Crippen LogP contribution in [-0.2, 0) is 21.2 Å². The smallest absolute Gasteiger partial charge is 0.271 e. The Hall–Kier alpha value is -3.37. The minimum absolute atomic E-state index is 0.00988. The molecule has 32 heavy (non-hydrogen) atoms. The molecule has 0 atom stereocenters. The minimum atomic E-state index is -3.82. The number of carbonyl (C=O) groups is 2. The van der Waals surface area contributed by atoms with Gasteiger partial charge in [-0.05, 0) is 55.1 Å². The van der Waals surface area contributed by atoms with Gasteiger partial charge in [0.2, 0.25) is 5.91 Å². The molecule has 0 radical (unpaired) electrons. The average molecular weight is 474 g/mol. The Morgan fingerprint density at radius 1 is 1.00 bits per heavy atom. The van der Waals surface area contributed by atoms with E-state index in [2.05, 4.69) is 15.6 Å². The van der Waals surface area contributed by atoms with Gasteiger partial charge in [0.25, 0.3) is 15.9 Å². The molecule has 1 aromatic heterocycles. The predicted octanol–water partition coefficient (Wildman–Crippen LogP) is 3.34. The summed E-state index contributed by atoms with van der Waals surface area (Å²) >= 11 is 1.07. The number of hydrogen-bond acceptors (Lipinski definition) is 6. The van der Waals surface area contributed by atoms with Gasteiger partial charge in [-0.25, -0.2) is 8.42 Å². The maximum absolute atomic E-state index is 12.6. The summed E-state index contributed by atoms with van der Waals surface area (Å²) in [5, 5.41) is 1.65. The van der Waals surface area contributed by atoms with Gasteiger partial charge < -0.3 is 4.74 Å². The molecular weight excluding hydrogens is 450 g/mol. The number of sulfonamides is 1. The van der Waals surface area contributed by atoms with E-state index in [1.165, 1.54) is 18.2 Å². The number of para-hydroxylation sites is 1. The van der Waals surface area contributed by atoms with Crippen LogP contribution in [0, 0.1) is 0 Å². The van der Waals surface area contributed by atoms with E-state index >= 15 is 0 Å². The molecule has 0 bridgehead atoms. The van der Waals surface area contributed by atoms with Gasteiger partial charge in [-0.1, -0.05) is 30.3 Å². The Morgan fingerprint density at radius 3 is 2.50 bits per heavy atom. The number of hydrogen-bond donors (Lipinski definition) is 3. The summed E-state index contributed by atoms with van der Waals surface area (Å²) in [5.41, 5.74) is 5.57. The number of rotatable bonds is 8. The van der Waals surface area contributed by atoms with Crippen LogP contribution in [0.3, 0.4) is 0 Å². The van der Waals surface area contributed by atoms with Crippen molar-refractivity contribution >= 4 is 38.9 Å². The van der Waals surface area contributed by atoms with Crippen molar-refractivity contribution in [2.75, 3.05) is 4.72 Å². The number of anilines is 1. The molecule has 8 nitrogen and oxygen atoms in total. The van der Waals surface area contributed by atoms with E-state index in [1.807, 2.05) is 13.8 Å². The van der Waals surface area contributed by atoms with Crippen LogP contribution in [0.2, 0.25) is 0 Å². The number of hydrazine groups is 1. The summed E-state index contributed by atoms with van der Waals surface area (Å²) in [7, 11) is -3.82. The normalized spacial score (nSPS) is 11.1. The third kappa shape index (κ3) is 6.32. The number of carbonyl (C=O) groups excluding carboxylic acids is 2. The third-order valence-corrected chi connectivity index (χ3v) is 6.89. The summed E-state index contributed by atoms with van der Waals surface area (Å²) in [6, 6.07) is 16.4. The molecule has 0 aliphatic carbocycles. The van der Waals surface area contributed by atoms with Gasteiger partial charge in [-0.2, -0.15) is 0 Å². The van der Waals surface area contributed by atoms with Gasteiger partial charge in [-0.3, -0.25) is 25.2 Å². The van der Waals surface area contributed by atoms with Gasteiger partial charge in [0.05, 0.1) is 23.8 Å². The standard InChI is InChI=1S/C22H23N3O5S2/c1-15(2)30-17-8-5-7-16(13-17)14-20(26)23-24-22(27)18-9-3-4-10-19(18)25-32(28,29)21-11-6-12-31-21/h3-13,15,25H,14H2,1-2H3,(H,23,26)(H,24,27). The largest absolute Gasteiger partial charge is 0.491 e. The predicted molar refractivity (Wildman–Crippen MR) is 123 cm³/mol. The van der Waals surface area contributed by atoms with Crippen LogP contribution < -0.4 is 20.3 Å². The SMILES string of the molecule is CC(C)Oc1cccc(CC(=O)NNC(=O)c2ccccc2NS(=O)(=O)c2cccs2)c1. The van der Waals surface area contributed by atoms with Gasteiger partial charge in [0.1, 0.15) is 9.96 Å². The van der Waals surface area contributed by atoms with Crippen LogP contribution in [0.5, 0.6) is 5.75 Å². The lowest BCUT2D eigenvalue weighted by molar-refractivity contribution is -0.121. The van der Waals surface area contributed by atoms with Crippen LogP contribution in [-0.4, -0.2) is 26.3 Å². The van der Waals surface area contributed by atoms with Gasteiger partial charge in [0.15, 0.2) is 0 Å². The molecule has 10 heteroatoms. The molecule has 2 aromatic carbocycles. The van der Waals surface area contributed by atoms with Crippen molar-refractivity contribution in [3.8, 4) is 5.75 Å². The molecule has 3 N–H and O–H groups in total. The molecule has 0 aliphatic heterocycles. The highest BCUT2D eigenvalue weighted by molar-refractivity contribution is 7.94. The van der Waals surface area contributed by atoms with Crippen molar-refractivity contribution in [1.82, 2.24) is 10.9 Å². The Kier molecular flexibility index (Phi) is 7.49. The lowest BCUT2D eigenvalue weighted by atomic mass is 10.1. The number of benzene rings is 2. The van der Waals surface area contributed by atoms with Crippen molar-refractivity contribution in [1.29, 1.82) is 0 Å². The number of nitrogens with one attached hydrogen (secondary N) is 3. The van der Waals surface area contributed by atoms with Crippen molar-refractivity contribution in [3.05, 3.63) is 77.2 Å². The average Bonchev–Trinajstić information content (AvgIpc) is 3.28. The molecule has 0 saturated heterocycles. The van der Waals surface area contributed by atoms with E-state index in [0.29, 0.717) is 5.75 Å². The zero-order chi connectivity index (χ0) is 23.1. The first-order valence-corrected chi connectivity index (χ1v) is 12.1. The van der Waals surface area contributed by atoms with Crippen LogP contribution in [0.4, 0.5) is 5.69 Å². The lowest BCUT2D eigenvalue weighted by Gasteiger charge is -2.13. The molecular formula is C22H23N3O5S2. The summed E-state index contributed by atoms with van der Waals surface area (Å²) < 4.78 is 33.1. The molecule has 0 unspecified atom stereocenters. The fraction of sp³-hybridized carbons (Fsp3) is 0.182. The number of ether oxygens (including phenoxy) is 1. The molecule has 0 aliphatic rings. The fourth-order valence-corrected chi connectivity index (χ4v) is 4.88. The fourth-order valence-electron chi connectivity index (χ4n) is 2.81. The topological polar surface area (TPSA) is 114 Å². The van der Waals surface area contributed by atoms with Crippen LogP contribution >= 0.6 is 11.3 Å². The second kappa shape index (κ2) is 10.3. The molecule has 0 fully saturated rings. The zero-order valence-corrected chi connectivity index (χ0v) is 19.1. The van der Waals surface area contributed by atoms with E-state index in [4.69, 9.17) is 4.74 Å². The lowest BCUT2D eigenvalue weighted by Crippen LogP contribution is -2.42. The first kappa shape index (κ1) is 23.3. The Balaban J connectivity index is 1.63. The Morgan fingerprint density at radius 2 is 1.78 bits per heavy atom. The second-order valence-electron chi connectivity index (χ2n) is 7.08. The highest BCUT2D eigenvalue weighted by Gasteiger charge is 2.19. The van der Waals surface area contributed by atoms with Crippen LogP contribution in [0.15, 0.2) is 70.3 Å². The third-order valence-electron chi connectivity index (χ3n) is 4.13. The second-order valence-corrected chi connectivity index (χ2v) is 9.93. The molecule has 0 saturated carbocycles. The van der Waals surface area contributed by atoms with Crippen molar-refractivity contribution in [3.63, 3.8) is 0 Å². The monoisotopic (exact) mass is 473 g/mol. The first-order chi connectivity index (χ1) is 15.2. The zero-order valence-electron chi connectivity index (χ0n) is 17.5. The Labute approximate surface area is 190 Å². The molecule has 2 amide bonds. The van der Waals surface area contributed by atoms with E-state index in [9.17, 15) is 18.0 Å². The highest BCUT2D eigenvalue weighted by atomic mass is 32.2. The number of amides is 2.